The lowest BCUT2D eigenvalue weighted by Gasteiger charge is -2.10. The third kappa shape index (κ3) is 3.00. The Morgan fingerprint density at radius 3 is 2.79 bits per heavy atom. The first-order valence-electron chi connectivity index (χ1n) is 8.37. The largest absolute Gasteiger partial charge is 0.347 e. The fourth-order valence-electron chi connectivity index (χ4n) is 3.04. The van der Waals surface area contributed by atoms with Gasteiger partial charge in [0.2, 0.25) is 0 Å². The summed E-state index contributed by atoms with van der Waals surface area (Å²) in [6.07, 6.45) is 1.32. The number of carbonyl (C=O) groups excluding carboxylic acids is 2. The summed E-state index contributed by atoms with van der Waals surface area (Å²) in [6, 6.07) is 7.04. The van der Waals surface area contributed by atoms with Crippen LogP contribution in [0, 0.1) is 13.8 Å². The minimum absolute atomic E-state index is 0.0123. The Morgan fingerprint density at radius 2 is 2.07 bits per heavy atom. The second-order valence-corrected chi connectivity index (χ2v) is 9.35. The van der Waals surface area contributed by atoms with Gasteiger partial charge in [0.15, 0.2) is 0 Å². The molecule has 3 aromatic rings. The number of benzene rings is 1. The fraction of sp³-hybridized carbons (Fsp3) is 0.167. The molecule has 1 aromatic carbocycles. The second kappa shape index (κ2) is 6.57. The van der Waals surface area contributed by atoms with E-state index in [1.165, 1.54) is 47.9 Å². The smallest absolute Gasteiger partial charge is 0.273 e. The number of hydrogen-bond acceptors (Lipinski definition) is 6. The molecule has 0 saturated heterocycles. The van der Waals surface area contributed by atoms with E-state index in [0.29, 0.717) is 6.54 Å². The zero-order valence-corrected chi connectivity index (χ0v) is 16.6. The summed E-state index contributed by atoms with van der Waals surface area (Å²) in [6.45, 7) is 4.10. The van der Waals surface area contributed by atoms with Crippen LogP contribution in [0.3, 0.4) is 0 Å². The SMILES string of the molecule is Cc1nc(C)c(CNC(=O)c2ccc3c(c2)NC(=O)c2cccn2S3(=O)=O)s1. The topological polar surface area (TPSA) is 110 Å². The second-order valence-electron chi connectivity index (χ2n) is 6.28. The van der Waals surface area contributed by atoms with Crippen LogP contribution in [0.4, 0.5) is 5.69 Å². The normalized spacial score (nSPS) is 14.6. The molecule has 0 atom stereocenters. The van der Waals surface area contributed by atoms with E-state index in [-0.39, 0.29) is 27.7 Å². The highest BCUT2D eigenvalue weighted by molar-refractivity contribution is 7.90. The van der Waals surface area contributed by atoms with E-state index in [1.54, 1.807) is 0 Å². The number of hydrogen-bond donors (Lipinski definition) is 2. The van der Waals surface area contributed by atoms with Crippen molar-refractivity contribution in [2.75, 3.05) is 5.32 Å². The highest BCUT2D eigenvalue weighted by atomic mass is 32.2. The van der Waals surface area contributed by atoms with Crippen molar-refractivity contribution in [2.45, 2.75) is 25.3 Å². The van der Waals surface area contributed by atoms with Crippen LogP contribution in [0.15, 0.2) is 41.4 Å². The van der Waals surface area contributed by atoms with Crippen LogP contribution in [-0.4, -0.2) is 29.2 Å². The van der Waals surface area contributed by atoms with E-state index in [0.717, 1.165) is 19.6 Å². The highest BCUT2D eigenvalue weighted by Crippen LogP contribution is 2.29. The van der Waals surface area contributed by atoms with Gasteiger partial charge in [0.25, 0.3) is 21.8 Å². The molecule has 0 aliphatic carbocycles. The molecule has 4 rings (SSSR count). The number of amides is 2. The molecule has 0 saturated carbocycles. The lowest BCUT2D eigenvalue weighted by molar-refractivity contribution is 0.0949. The number of anilines is 1. The van der Waals surface area contributed by atoms with Crippen molar-refractivity contribution in [3.63, 3.8) is 0 Å². The maximum absolute atomic E-state index is 12.8. The minimum atomic E-state index is -3.93. The van der Waals surface area contributed by atoms with Gasteiger partial charge in [-0.1, -0.05) is 0 Å². The molecule has 28 heavy (non-hydrogen) atoms. The van der Waals surface area contributed by atoms with Crippen LogP contribution in [0.2, 0.25) is 0 Å². The number of rotatable bonds is 3. The van der Waals surface area contributed by atoms with Gasteiger partial charge in [-0.2, -0.15) is 0 Å². The molecule has 2 N–H and O–H groups in total. The van der Waals surface area contributed by atoms with Crippen molar-refractivity contribution < 1.29 is 18.0 Å². The Labute approximate surface area is 165 Å². The van der Waals surface area contributed by atoms with Crippen LogP contribution >= 0.6 is 11.3 Å². The summed E-state index contributed by atoms with van der Waals surface area (Å²) in [5.41, 5.74) is 1.20. The molecule has 2 aromatic heterocycles. The Morgan fingerprint density at radius 1 is 1.29 bits per heavy atom. The molecule has 3 heterocycles. The lowest BCUT2D eigenvalue weighted by Crippen LogP contribution is -2.23. The molecule has 8 nitrogen and oxygen atoms in total. The first-order valence-corrected chi connectivity index (χ1v) is 10.6. The van der Waals surface area contributed by atoms with Gasteiger partial charge in [-0.3, -0.25) is 9.59 Å². The number of carbonyl (C=O) groups is 2. The standard InChI is InChI=1S/C18H16N4O4S2/c1-10-15(27-11(2)20-10)9-19-17(23)12-5-6-16-13(8-12)21-18(24)14-4-3-7-22(14)28(16,25)26/h3-8H,9H2,1-2H3,(H,19,23)(H,21,24). The number of aryl methyl sites for hydroxylation is 2. The fourth-order valence-corrected chi connectivity index (χ4v) is 5.39. The number of thiazole rings is 1. The van der Waals surface area contributed by atoms with Gasteiger partial charge in [0.05, 0.1) is 22.9 Å². The number of nitrogens with zero attached hydrogens (tertiary/aromatic N) is 2. The third-order valence-corrected chi connectivity index (χ3v) is 7.20. The third-order valence-electron chi connectivity index (χ3n) is 4.38. The van der Waals surface area contributed by atoms with Crippen molar-refractivity contribution in [1.82, 2.24) is 14.3 Å². The summed E-state index contributed by atoms with van der Waals surface area (Å²) in [4.78, 5) is 30.1. The zero-order chi connectivity index (χ0) is 20.1. The highest BCUT2D eigenvalue weighted by Gasteiger charge is 2.30. The Balaban J connectivity index is 1.64. The molecule has 2 amide bonds. The number of nitrogens with one attached hydrogen (secondary N) is 2. The van der Waals surface area contributed by atoms with Crippen molar-refractivity contribution in [2.24, 2.45) is 0 Å². The van der Waals surface area contributed by atoms with Gasteiger partial charge in [-0.25, -0.2) is 17.4 Å². The average molecular weight is 416 g/mol. The van der Waals surface area contributed by atoms with Crippen LogP contribution < -0.4 is 10.6 Å². The molecule has 0 radical (unpaired) electrons. The molecule has 1 aliphatic heterocycles. The van der Waals surface area contributed by atoms with Gasteiger partial charge in [-0.05, 0) is 44.2 Å². The monoisotopic (exact) mass is 416 g/mol. The maximum atomic E-state index is 12.8. The van der Waals surface area contributed by atoms with E-state index in [2.05, 4.69) is 15.6 Å². The minimum Gasteiger partial charge on any atom is -0.347 e. The summed E-state index contributed by atoms with van der Waals surface area (Å²) < 4.78 is 26.6. The maximum Gasteiger partial charge on any atom is 0.273 e. The van der Waals surface area contributed by atoms with Gasteiger partial charge >= 0.3 is 0 Å². The molecular formula is C18H16N4O4S2. The predicted octanol–water partition coefficient (Wildman–Crippen LogP) is 2.29. The van der Waals surface area contributed by atoms with Crippen molar-refractivity contribution in [1.29, 1.82) is 0 Å². The Hall–Kier alpha value is -2.98. The predicted molar refractivity (Wildman–Crippen MR) is 104 cm³/mol. The van der Waals surface area contributed by atoms with E-state index < -0.39 is 15.9 Å². The van der Waals surface area contributed by atoms with Crippen LogP contribution in [0.25, 0.3) is 0 Å². The summed E-state index contributed by atoms with van der Waals surface area (Å²) in [5, 5.41) is 6.29. The molecule has 10 heteroatoms. The van der Waals surface area contributed by atoms with Crippen molar-refractivity contribution in [3.05, 3.63) is 63.4 Å². The molecule has 144 valence electrons. The Kier molecular flexibility index (Phi) is 4.31. The van der Waals surface area contributed by atoms with Crippen molar-refractivity contribution >= 4 is 38.9 Å². The van der Waals surface area contributed by atoms with Crippen LogP contribution in [0.1, 0.15) is 36.4 Å². The van der Waals surface area contributed by atoms with Gasteiger partial charge in [0.1, 0.15) is 10.6 Å². The molecular weight excluding hydrogens is 400 g/mol. The first kappa shape index (κ1) is 18.4. The average Bonchev–Trinajstić information content (AvgIpc) is 3.24. The van der Waals surface area contributed by atoms with Crippen LogP contribution in [0.5, 0.6) is 0 Å². The van der Waals surface area contributed by atoms with E-state index >= 15 is 0 Å². The Bertz CT molecular complexity index is 1220. The van der Waals surface area contributed by atoms with Gasteiger partial charge in [0, 0.05) is 16.6 Å². The van der Waals surface area contributed by atoms with Crippen LogP contribution in [-0.2, 0) is 16.6 Å². The molecule has 0 bridgehead atoms. The van der Waals surface area contributed by atoms with Gasteiger partial charge < -0.3 is 10.6 Å². The molecule has 0 unspecified atom stereocenters. The summed E-state index contributed by atoms with van der Waals surface area (Å²) in [5.74, 6) is -0.926. The lowest BCUT2D eigenvalue weighted by atomic mass is 10.2. The summed E-state index contributed by atoms with van der Waals surface area (Å²) >= 11 is 1.51. The van der Waals surface area contributed by atoms with E-state index in [4.69, 9.17) is 0 Å². The van der Waals surface area contributed by atoms with Gasteiger partial charge in [-0.15, -0.1) is 11.3 Å². The quantitative estimate of drug-likeness (QED) is 0.681. The molecule has 1 aliphatic rings. The van der Waals surface area contributed by atoms with E-state index in [1.807, 2.05) is 13.8 Å². The van der Waals surface area contributed by atoms with E-state index in [9.17, 15) is 18.0 Å². The molecule has 0 fully saturated rings. The zero-order valence-electron chi connectivity index (χ0n) is 15.0. The summed E-state index contributed by atoms with van der Waals surface area (Å²) in [7, 11) is -3.93. The number of fused-ring (bicyclic) bond motifs is 2. The first-order chi connectivity index (χ1) is 13.3. The molecule has 0 spiro atoms. The number of aromatic nitrogens is 2. The van der Waals surface area contributed by atoms with Crippen molar-refractivity contribution in [3.8, 4) is 0 Å².